The molecule has 1 saturated heterocycles. The summed E-state index contributed by atoms with van der Waals surface area (Å²) < 4.78 is 69.5. The van der Waals surface area contributed by atoms with Gasteiger partial charge in [0, 0.05) is 71.6 Å². The van der Waals surface area contributed by atoms with Gasteiger partial charge in [-0.2, -0.15) is 13.2 Å². The van der Waals surface area contributed by atoms with Crippen molar-refractivity contribution < 1.29 is 22.0 Å². The average molecular weight is 604 g/mol. The van der Waals surface area contributed by atoms with Crippen LogP contribution >= 0.6 is 0 Å². The van der Waals surface area contributed by atoms with Gasteiger partial charge < -0.3 is 14.7 Å². The fourth-order valence-corrected chi connectivity index (χ4v) is 5.48. The number of nitrogens with zero attached hydrogens (tertiary/aromatic N) is 5. The predicted octanol–water partition coefficient (Wildman–Crippen LogP) is 5.82. The summed E-state index contributed by atoms with van der Waals surface area (Å²) in [6, 6.07) is 16.8. The Morgan fingerprint density at radius 3 is 1.74 bits per heavy atom. The second-order valence-corrected chi connectivity index (χ2v) is 11.7. The lowest BCUT2D eigenvalue weighted by atomic mass is 9.96. The van der Waals surface area contributed by atoms with Crippen LogP contribution in [0.3, 0.4) is 0 Å². The van der Waals surface area contributed by atoms with Gasteiger partial charge >= 0.3 is 6.18 Å². The van der Waals surface area contributed by atoms with Crippen molar-refractivity contribution in [3.63, 3.8) is 0 Å². The molecule has 0 saturated carbocycles. The minimum atomic E-state index is -4.45. The maximum atomic E-state index is 14.0. The summed E-state index contributed by atoms with van der Waals surface area (Å²) in [6.07, 6.45) is -4.45. The molecular weight excluding hydrogens is 561 g/mol. The number of halogens is 5. The van der Waals surface area contributed by atoms with E-state index in [9.17, 15) is 22.0 Å². The molecule has 0 unspecified atom stereocenters. The third-order valence-corrected chi connectivity index (χ3v) is 8.12. The highest BCUT2D eigenvalue weighted by atomic mass is 19.4. The van der Waals surface area contributed by atoms with E-state index >= 15 is 0 Å². The minimum Gasteiger partial charge on any atom is -0.373 e. The monoisotopic (exact) mass is 603 g/mol. The standard InChI is InChI=1S/C33H42F5N5/c1-39(2)15-16-40(3)17-18-41(4)30-13-14-31(33(36,37)38)27(23-30)24-42-19-21-43(22-20-42)32(25-5-9-28(34)10-6-25)26-7-11-29(35)12-8-26/h5-14,23,32H,15-22,24H2,1-4H3. The lowest BCUT2D eigenvalue weighted by Crippen LogP contribution is -2.47. The Balaban J connectivity index is 1.46. The first-order chi connectivity index (χ1) is 20.4. The van der Waals surface area contributed by atoms with E-state index in [2.05, 4.69) is 14.7 Å². The Morgan fingerprint density at radius 2 is 1.23 bits per heavy atom. The molecule has 0 N–H and O–H groups in total. The molecule has 0 amide bonds. The van der Waals surface area contributed by atoms with Crippen molar-refractivity contribution in [3.05, 3.63) is 101 Å². The Bertz CT molecular complexity index is 1240. The van der Waals surface area contributed by atoms with Gasteiger partial charge in [0.05, 0.1) is 11.6 Å². The SMILES string of the molecule is CN(C)CCN(C)CCN(C)c1ccc(C(F)(F)F)c(CN2CCN(C(c3ccc(F)cc3)c3ccc(F)cc3)CC2)c1. The number of rotatable bonds is 12. The summed E-state index contributed by atoms with van der Waals surface area (Å²) in [6.45, 7) is 5.85. The van der Waals surface area contributed by atoms with E-state index in [1.54, 1.807) is 36.4 Å². The van der Waals surface area contributed by atoms with Gasteiger partial charge in [0.25, 0.3) is 0 Å². The molecule has 0 radical (unpaired) electrons. The molecule has 43 heavy (non-hydrogen) atoms. The van der Waals surface area contributed by atoms with Gasteiger partial charge in [-0.1, -0.05) is 24.3 Å². The van der Waals surface area contributed by atoms with Crippen LogP contribution in [0.5, 0.6) is 0 Å². The number of hydrogen-bond acceptors (Lipinski definition) is 5. The van der Waals surface area contributed by atoms with E-state index in [-0.39, 0.29) is 29.8 Å². The molecule has 4 rings (SSSR count). The van der Waals surface area contributed by atoms with Crippen LogP contribution in [-0.4, -0.2) is 100 Å². The minimum absolute atomic E-state index is 0.185. The van der Waals surface area contributed by atoms with Crippen LogP contribution in [0, 0.1) is 11.6 Å². The summed E-state index contributed by atoms with van der Waals surface area (Å²) >= 11 is 0. The smallest absolute Gasteiger partial charge is 0.373 e. The number of likely N-dealkylation sites (N-methyl/N-ethyl adjacent to an activating group) is 3. The van der Waals surface area contributed by atoms with E-state index in [0.717, 1.165) is 36.4 Å². The van der Waals surface area contributed by atoms with Crippen LogP contribution in [0.15, 0.2) is 66.7 Å². The van der Waals surface area contributed by atoms with Crippen molar-refractivity contribution in [2.45, 2.75) is 18.8 Å². The molecule has 10 heteroatoms. The molecular formula is C33H42F5N5. The van der Waals surface area contributed by atoms with E-state index in [4.69, 9.17) is 0 Å². The van der Waals surface area contributed by atoms with Crippen LogP contribution in [0.4, 0.5) is 27.6 Å². The van der Waals surface area contributed by atoms with Crippen molar-refractivity contribution in [1.82, 2.24) is 19.6 Å². The zero-order valence-corrected chi connectivity index (χ0v) is 25.4. The zero-order valence-electron chi connectivity index (χ0n) is 25.4. The van der Waals surface area contributed by atoms with Crippen LogP contribution in [0.2, 0.25) is 0 Å². The quantitative estimate of drug-likeness (QED) is 0.242. The first-order valence-electron chi connectivity index (χ1n) is 14.6. The van der Waals surface area contributed by atoms with E-state index in [1.165, 1.54) is 30.3 Å². The van der Waals surface area contributed by atoms with Crippen LogP contribution < -0.4 is 4.90 Å². The number of alkyl halides is 3. The maximum Gasteiger partial charge on any atom is 0.416 e. The largest absolute Gasteiger partial charge is 0.416 e. The second-order valence-electron chi connectivity index (χ2n) is 11.7. The number of benzene rings is 3. The molecule has 0 spiro atoms. The molecule has 0 bridgehead atoms. The van der Waals surface area contributed by atoms with Gasteiger partial charge in [-0.15, -0.1) is 0 Å². The highest BCUT2D eigenvalue weighted by molar-refractivity contribution is 5.51. The lowest BCUT2D eigenvalue weighted by Gasteiger charge is -2.40. The van der Waals surface area contributed by atoms with Gasteiger partial charge in [-0.05, 0) is 80.3 Å². The van der Waals surface area contributed by atoms with Crippen LogP contribution in [0.25, 0.3) is 0 Å². The van der Waals surface area contributed by atoms with Crippen LogP contribution in [0.1, 0.15) is 28.3 Å². The highest BCUT2D eigenvalue weighted by Gasteiger charge is 2.34. The summed E-state index contributed by atoms with van der Waals surface area (Å²) in [5, 5.41) is 0. The zero-order chi connectivity index (χ0) is 31.1. The van der Waals surface area contributed by atoms with Crippen molar-refractivity contribution in [3.8, 4) is 0 Å². The van der Waals surface area contributed by atoms with Gasteiger partial charge in [-0.3, -0.25) is 9.80 Å². The van der Waals surface area contributed by atoms with Crippen molar-refractivity contribution in [2.24, 2.45) is 0 Å². The predicted molar refractivity (Wildman–Crippen MR) is 162 cm³/mol. The molecule has 3 aromatic rings. The molecule has 5 nitrogen and oxygen atoms in total. The number of hydrogen-bond donors (Lipinski definition) is 0. The Morgan fingerprint density at radius 1 is 0.698 bits per heavy atom. The van der Waals surface area contributed by atoms with E-state index in [1.807, 2.05) is 38.0 Å². The molecule has 234 valence electrons. The fraction of sp³-hybridized carbons (Fsp3) is 0.455. The maximum absolute atomic E-state index is 14.0. The average Bonchev–Trinajstić information content (AvgIpc) is 2.97. The molecule has 1 aliphatic heterocycles. The topological polar surface area (TPSA) is 16.2 Å². The van der Waals surface area contributed by atoms with E-state index in [0.29, 0.717) is 32.7 Å². The van der Waals surface area contributed by atoms with Crippen molar-refractivity contribution >= 4 is 5.69 Å². The van der Waals surface area contributed by atoms with Crippen molar-refractivity contribution in [1.29, 1.82) is 0 Å². The van der Waals surface area contributed by atoms with Gasteiger partial charge in [0.1, 0.15) is 11.6 Å². The van der Waals surface area contributed by atoms with Gasteiger partial charge in [0.15, 0.2) is 0 Å². The number of anilines is 1. The van der Waals surface area contributed by atoms with Crippen molar-refractivity contribution in [2.75, 3.05) is 85.4 Å². The Kier molecular flexibility index (Phi) is 11.2. The normalized spacial score (nSPS) is 15.2. The first kappa shape index (κ1) is 32.9. The molecule has 1 fully saturated rings. The van der Waals surface area contributed by atoms with E-state index < -0.39 is 11.7 Å². The second kappa shape index (κ2) is 14.6. The molecule has 0 atom stereocenters. The first-order valence-corrected chi connectivity index (χ1v) is 14.6. The molecule has 0 aromatic heterocycles. The Labute approximate surface area is 252 Å². The third kappa shape index (κ3) is 9.22. The molecule has 3 aromatic carbocycles. The summed E-state index contributed by atoms with van der Waals surface area (Å²) in [5.74, 6) is -0.674. The lowest BCUT2D eigenvalue weighted by molar-refractivity contribution is -0.138. The van der Waals surface area contributed by atoms with Crippen LogP contribution in [-0.2, 0) is 12.7 Å². The summed E-state index contributed by atoms with van der Waals surface area (Å²) in [4.78, 5) is 10.6. The van der Waals surface area contributed by atoms with Gasteiger partial charge in [0.2, 0.25) is 0 Å². The number of piperazine rings is 1. The summed E-state index contributed by atoms with van der Waals surface area (Å²) in [7, 11) is 8.01. The molecule has 1 heterocycles. The fourth-order valence-electron chi connectivity index (χ4n) is 5.48. The Hall–Kier alpha value is -3.05. The summed E-state index contributed by atoms with van der Waals surface area (Å²) in [5.41, 5.74) is 2.17. The molecule has 1 aliphatic rings. The molecule has 0 aliphatic carbocycles. The highest BCUT2D eigenvalue weighted by Crippen LogP contribution is 2.35. The third-order valence-electron chi connectivity index (χ3n) is 8.12. The van der Waals surface area contributed by atoms with Gasteiger partial charge in [-0.25, -0.2) is 8.78 Å².